The predicted octanol–water partition coefficient (Wildman–Crippen LogP) is 3.90. The van der Waals surface area contributed by atoms with E-state index in [4.69, 9.17) is 4.74 Å². The third-order valence-corrected chi connectivity index (χ3v) is 4.43. The van der Waals surface area contributed by atoms with Crippen LogP contribution in [-0.4, -0.2) is 12.6 Å². The SMILES string of the molecule is CCOC(=O)c1cc2sc(Br)cc2s1. The molecule has 0 atom stereocenters. The largest absolute Gasteiger partial charge is 0.462 e. The highest BCUT2D eigenvalue weighted by molar-refractivity contribution is 9.11. The molecule has 2 nitrogen and oxygen atoms in total. The molecule has 0 aliphatic carbocycles. The van der Waals surface area contributed by atoms with E-state index < -0.39 is 0 Å². The molecule has 74 valence electrons. The summed E-state index contributed by atoms with van der Waals surface area (Å²) < 4.78 is 8.27. The van der Waals surface area contributed by atoms with Crippen LogP contribution in [0, 0.1) is 0 Å². The van der Waals surface area contributed by atoms with Crippen molar-refractivity contribution in [2.45, 2.75) is 6.92 Å². The molecule has 0 amide bonds. The van der Waals surface area contributed by atoms with Gasteiger partial charge < -0.3 is 4.74 Å². The molecule has 0 aliphatic rings. The first-order chi connectivity index (χ1) is 6.70. The van der Waals surface area contributed by atoms with Gasteiger partial charge in [-0.1, -0.05) is 0 Å². The Kier molecular flexibility index (Phi) is 2.90. The van der Waals surface area contributed by atoms with Gasteiger partial charge >= 0.3 is 5.97 Å². The van der Waals surface area contributed by atoms with Crippen molar-refractivity contribution >= 4 is 54.0 Å². The van der Waals surface area contributed by atoms with Gasteiger partial charge in [-0.05, 0) is 35.0 Å². The van der Waals surface area contributed by atoms with Crippen molar-refractivity contribution in [1.82, 2.24) is 0 Å². The van der Waals surface area contributed by atoms with Gasteiger partial charge in [-0.25, -0.2) is 4.79 Å². The third-order valence-electron chi connectivity index (χ3n) is 1.65. The maximum absolute atomic E-state index is 11.4. The van der Waals surface area contributed by atoms with E-state index in [1.54, 1.807) is 11.3 Å². The number of rotatable bonds is 2. The van der Waals surface area contributed by atoms with Crippen LogP contribution in [0.25, 0.3) is 9.40 Å². The Morgan fingerprint density at radius 1 is 1.43 bits per heavy atom. The van der Waals surface area contributed by atoms with E-state index in [2.05, 4.69) is 15.9 Å². The van der Waals surface area contributed by atoms with Crippen molar-refractivity contribution < 1.29 is 9.53 Å². The highest BCUT2D eigenvalue weighted by atomic mass is 79.9. The Bertz CT molecular complexity index is 441. The first-order valence-corrected chi connectivity index (χ1v) is 6.49. The number of ether oxygens (including phenoxy) is 1. The normalized spacial score (nSPS) is 10.7. The first-order valence-electron chi connectivity index (χ1n) is 4.06. The minimum atomic E-state index is -0.225. The maximum Gasteiger partial charge on any atom is 0.348 e. The molecule has 0 bridgehead atoms. The van der Waals surface area contributed by atoms with E-state index in [-0.39, 0.29) is 5.97 Å². The van der Waals surface area contributed by atoms with Crippen LogP contribution in [0.3, 0.4) is 0 Å². The second-order valence-corrected chi connectivity index (χ2v) is 6.16. The molecule has 2 aromatic heterocycles. The molecule has 0 radical (unpaired) electrons. The van der Waals surface area contributed by atoms with Crippen molar-refractivity contribution in [2.24, 2.45) is 0 Å². The Labute approximate surface area is 97.6 Å². The van der Waals surface area contributed by atoms with Gasteiger partial charge in [0.05, 0.1) is 10.4 Å². The lowest BCUT2D eigenvalue weighted by Crippen LogP contribution is -2.01. The lowest BCUT2D eigenvalue weighted by atomic mass is 10.4. The number of carbonyl (C=O) groups excluding carboxylic acids is 1. The number of halogens is 1. The van der Waals surface area contributed by atoms with Crippen LogP contribution >= 0.6 is 38.6 Å². The summed E-state index contributed by atoms with van der Waals surface area (Å²) in [4.78, 5) is 12.1. The van der Waals surface area contributed by atoms with Gasteiger partial charge in [-0.3, -0.25) is 0 Å². The van der Waals surface area contributed by atoms with Crippen LogP contribution in [-0.2, 0) is 4.74 Å². The average Bonchev–Trinajstić information content (AvgIpc) is 2.61. The number of hydrogen-bond acceptors (Lipinski definition) is 4. The minimum Gasteiger partial charge on any atom is -0.462 e. The molecule has 0 saturated carbocycles. The molecule has 0 aliphatic heterocycles. The Hall–Kier alpha value is -0.390. The average molecular weight is 291 g/mol. The van der Waals surface area contributed by atoms with E-state index >= 15 is 0 Å². The van der Waals surface area contributed by atoms with E-state index in [1.807, 2.05) is 19.1 Å². The molecule has 2 heterocycles. The van der Waals surface area contributed by atoms with Crippen molar-refractivity contribution in [3.63, 3.8) is 0 Å². The highest BCUT2D eigenvalue weighted by Crippen LogP contribution is 2.35. The molecule has 0 spiro atoms. The Morgan fingerprint density at radius 2 is 2.14 bits per heavy atom. The van der Waals surface area contributed by atoms with Crippen molar-refractivity contribution in [1.29, 1.82) is 0 Å². The summed E-state index contributed by atoms with van der Waals surface area (Å²) in [6.45, 7) is 2.23. The molecular weight excluding hydrogens is 284 g/mol. The summed E-state index contributed by atoms with van der Waals surface area (Å²) in [7, 11) is 0. The maximum atomic E-state index is 11.4. The first kappa shape index (κ1) is 10.1. The number of fused-ring (bicyclic) bond motifs is 1. The standard InChI is InChI=1S/C9H7BrO2S2/c1-2-12-9(11)7-3-5-6(13-7)4-8(10)14-5/h3-4H,2H2,1H3. The van der Waals surface area contributed by atoms with E-state index in [0.29, 0.717) is 11.5 Å². The smallest absolute Gasteiger partial charge is 0.348 e. The van der Waals surface area contributed by atoms with Gasteiger partial charge in [0.15, 0.2) is 0 Å². The zero-order valence-corrected chi connectivity index (χ0v) is 10.6. The fourth-order valence-electron chi connectivity index (χ4n) is 1.11. The van der Waals surface area contributed by atoms with Gasteiger partial charge in [0.1, 0.15) is 4.88 Å². The predicted molar refractivity (Wildman–Crippen MR) is 63.4 cm³/mol. The molecule has 5 heteroatoms. The molecule has 0 N–H and O–H groups in total. The number of thiophene rings is 2. The lowest BCUT2D eigenvalue weighted by Gasteiger charge is -1.95. The van der Waals surface area contributed by atoms with E-state index in [1.165, 1.54) is 11.3 Å². The minimum absolute atomic E-state index is 0.225. The van der Waals surface area contributed by atoms with Crippen molar-refractivity contribution in [3.05, 3.63) is 20.8 Å². The highest BCUT2D eigenvalue weighted by Gasteiger charge is 2.12. The van der Waals surface area contributed by atoms with Gasteiger partial charge in [0.2, 0.25) is 0 Å². The molecular formula is C9H7BrO2S2. The van der Waals surface area contributed by atoms with Crippen LogP contribution in [0.4, 0.5) is 0 Å². The van der Waals surface area contributed by atoms with Crippen LogP contribution in [0.1, 0.15) is 16.6 Å². The molecule has 2 rings (SSSR count). The number of carbonyl (C=O) groups is 1. The summed E-state index contributed by atoms with van der Waals surface area (Å²) >= 11 is 6.50. The fourth-order valence-corrected chi connectivity index (χ4v) is 4.03. The fraction of sp³-hybridized carbons (Fsp3) is 0.222. The van der Waals surface area contributed by atoms with Gasteiger partial charge in [-0.2, -0.15) is 0 Å². The summed E-state index contributed by atoms with van der Waals surface area (Å²) in [6.07, 6.45) is 0. The number of hydrogen-bond donors (Lipinski definition) is 0. The Morgan fingerprint density at radius 3 is 2.79 bits per heavy atom. The topological polar surface area (TPSA) is 26.3 Å². The zero-order chi connectivity index (χ0) is 10.1. The molecule has 14 heavy (non-hydrogen) atoms. The van der Waals surface area contributed by atoms with Crippen LogP contribution in [0.15, 0.2) is 15.9 Å². The van der Waals surface area contributed by atoms with Crippen molar-refractivity contribution in [2.75, 3.05) is 6.61 Å². The summed E-state index contributed by atoms with van der Waals surface area (Å²) in [5.74, 6) is -0.225. The van der Waals surface area contributed by atoms with Gasteiger partial charge in [0.25, 0.3) is 0 Å². The molecule has 0 aromatic carbocycles. The van der Waals surface area contributed by atoms with Crippen LogP contribution in [0.5, 0.6) is 0 Å². The molecule has 0 saturated heterocycles. The summed E-state index contributed by atoms with van der Waals surface area (Å²) in [6, 6.07) is 3.90. The second kappa shape index (κ2) is 4.00. The van der Waals surface area contributed by atoms with Crippen LogP contribution < -0.4 is 0 Å². The molecule has 0 fully saturated rings. The lowest BCUT2D eigenvalue weighted by molar-refractivity contribution is 0.0532. The second-order valence-electron chi connectivity index (χ2n) is 2.61. The van der Waals surface area contributed by atoms with Crippen molar-refractivity contribution in [3.8, 4) is 0 Å². The van der Waals surface area contributed by atoms with E-state index in [9.17, 15) is 4.79 Å². The summed E-state index contributed by atoms with van der Waals surface area (Å²) in [5.41, 5.74) is 0. The van der Waals surface area contributed by atoms with Gasteiger partial charge in [0, 0.05) is 9.40 Å². The van der Waals surface area contributed by atoms with Gasteiger partial charge in [-0.15, -0.1) is 22.7 Å². The summed E-state index contributed by atoms with van der Waals surface area (Å²) in [5, 5.41) is 0. The third kappa shape index (κ3) is 1.85. The quantitative estimate of drug-likeness (QED) is 0.784. The monoisotopic (exact) mass is 290 g/mol. The Balaban J connectivity index is 2.36. The van der Waals surface area contributed by atoms with Crippen LogP contribution in [0.2, 0.25) is 0 Å². The molecule has 0 unspecified atom stereocenters. The number of esters is 1. The zero-order valence-electron chi connectivity index (χ0n) is 7.37. The van der Waals surface area contributed by atoms with E-state index in [0.717, 1.165) is 13.2 Å². The molecule has 2 aromatic rings.